The molecule has 1 aliphatic carbocycles. The molecule has 0 aliphatic heterocycles. The molecule has 1 unspecified atom stereocenters. The third kappa shape index (κ3) is 4.72. The van der Waals surface area contributed by atoms with E-state index in [2.05, 4.69) is 9.71 Å². The van der Waals surface area contributed by atoms with Gasteiger partial charge >= 0.3 is 0 Å². The molecule has 2 atom stereocenters. The van der Waals surface area contributed by atoms with E-state index in [-0.39, 0.29) is 12.8 Å². The molecule has 4 nitrogen and oxygen atoms in total. The minimum atomic E-state index is -1.40. The van der Waals surface area contributed by atoms with Crippen LogP contribution in [0.25, 0.3) is 0 Å². The van der Waals surface area contributed by atoms with E-state index < -0.39 is 33.5 Å². The molecule has 1 aromatic rings. The zero-order chi connectivity index (χ0) is 17.3. The van der Waals surface area contributed by atoms with E-state index in [1.807, 2.05) is 20.8 Å². The van der Waals surface area contributed by atoms with Crippen LogP contribution >= 0.6 is 11.6 Å². The van der Waals surface area contributed by atoms with Crippen LogP contribution in [0.4, 0.5) is 4.39 Å². The smallest absolute Gasteiger partial charge is 0.129 e. The fourth-order valence-corrected chi connectivity index (χ4v) is 3.76. The highest BCUT2D eigenvalue weighted by molar-refractivity contribution is 7.84. The van der Waals surface area contributed by atoms with Crippen molar-refractivity contribution in [2.24, 2.45) is 0 Å². The second-order valence-electron chi connectivity index (χ2n) is 7.10. The van der Waals surface area contributed by atoms with E-state index in [4.69, 9.17) is 11.6 Å². The summed E-state index contributed by atoms with van der Waals surface area (Å²) in [5.74, 6) is 0. The first-order valence-corrected chi connectivity index (χ1v) is 9.31. The number of halogens is 2. The number of pyridine rings is 1. The van der Waals surface area contributed by atoms with E-state index in [9.17, 15) is 13.7 Å². The Morgan fingerprint density at radius 3 is 2.57 bits per heavy atom. The number of aromatic nitrogens is 1. The van der Waals surface area contributed by atoms with Gasteiger partial charge in [0.05, 0.1) is 33.1 Å². The van der Waals surface area contributed by atoms with E-state index in [1.165, 1.54) is 0 Å². The van der Waals surface area contributed by atoms with Crippen molar-refractivity contribution in [3.05, 3.63) is 29.0 Å². The quantitative estimate of drug-likeness (QED) is 0.806. The summed E-state index contributed by atoms with van der Waals surface area (Å²) in [4.78, 5) is 4.26. The van der Waals surface area contributed by atoms with Crippen molar-refractivity contribution in [2.45, 2.75) is 69.0 Å². The highest BCUT2D eigenvalue weighted by atomic mass is 35.5. The summed E-state index contributed by atoms with van der Waals surface area (Å²) in [5, 5.41) is 11.4. The van der Waals surface area contributed by atoms with Gasteiger partial charge in [0.2, 0.25) is 0 Å². The molecule has 0 amide bonds. The average molecular weight is 363 g/mol. The lowest BCUT2D eigenvalue weighted by Gasteiger charge is -2.40. The molecule has 1 heterocycles. The molecular weight excluding hydrogens is 339 g/mol. The number of alkyl halides is 1. The van der Waals surface area contributed by atoms with Gasteiger partial charge in [0, 0.05) is 0 Å². The predicted molar refractivity (Wildman–Crippen MR) is 91.3 cm³/mol. The highest BCUT2D eigenvalue weighted by Crippen LogP contribution is 2.39. The Balaban J connectivity index is 2.33. The Bertz CT molecular complexity index is 571. The first kappa shape index (κ1) is 18.8. The number of rotatable bonds is 4. The van der Waals surface area contributed by atoms with Gasteiger partial charge in [-0.1, -0.05) is 17.7 Å². The summed E-state index contributed by atoms with van der Waals surface area (Å²) < 4.78 is 28.5. The normalized spacial score (nSPS) is 28.3. The van der Waals surface area contributed by atoms with Crippen LogP contribution in [-0.4, -0.2) is 30.8 Å². The van der Waals surface area contributed by atoms with Crippen LogP contribution in [-0.2, 0) is 11.0 Å². The maximum atomic E-state index is 13.5. The number of aliphatic hydroxyl groups is 1. The van der Waals surface area contributed by atoms with Crippen molar-refractivity contribution in [2.75, 3.05) is 0 Å². The fourth-order valence-electron chi connectivity index (χ4n) is 2.69. The Labute approximate surface area is 144 Å². The third-order valence-corrected chi connectivity index (χ3v) is 5.90. The van der Waals surface area contributed by atoms with Crippen molar-refractivity contribution in [3.8, 4) is 0 Å². The summed E-state index contributed by atoms with van der Waals surface area (Å²) in [6.07, 6.45) is 0.272. The Morgan fingerprint density at radius 2 is 2.04 bits per heavy atom. The zero-order valence-corrected chi connectivity index (χ0v) is 15.3. The second-order valence-corrected chi connectivity index (χ2v) is 9.48. The van der Waals surface area contributed by atoms with Gasteiger partial charge in [-0.2, -0.15) is 0 Å². The Hall–Kier alpha value is -0.560. The maximum Gasteiger partial charge on any atom is 0.129 e. The molecule has 23 heavy (non-hydrogen) atoms. The van der Waals surface area contributed by atoms with Gasteiger partial charge in [-0.25, -0.2) is 18.3 Å². The van der Waals surface area contributed by atoms with Gasteiger partial charge in [0.25, 0.3) is 0 Å². The van der Waals surface area contributed by atoms with Crippen LogP contribution in [0.3, 0.4) is 0 Å². The third-order valence-electron chi connectivity index (χ3n) is 4.13. The van der Waals surface area contributed by atoms with Crippen LogP contribution in [0, 0.1) is 0 Å². The van der Waals surface area contributed by atoms with Gasteiger partial charge in [0.15, 0.2) is 0 Å². The van der Waals surface area contributed by atoms with E-state index in [1.54, 1.807) is 18.2 Å². The lowest BCUT2D eigenvalue weighted by molar-refractivity contribution is -0.0414. The van der Waals surface area contributed by atoms with Crippen LogP contribution in [0.15, 0.2) is 18.2 Å². The van der Waals surface area contributed by atoms with Gasteiger partial charge in [-0.15, -0.1) is 0 Å². The molecule has 0 radical (unpaired) electrons. The second kappa shape index (κ2) is 7.13. The summed E-state index contributed by atoms with van der Waals surface area (Å²) in [7, 11) is -1.40. The van der Waals surface area contributed by atoms with Crippen LogP contribution in [0.5, 0.6) is 0 Å². The lowest BCUT2D eigenvalue weighted by atomic mass is 9.78. The molecule has 1 aromatic heterocycles. The van der Waals surface area contributed by atoms with E-state index in [0.29, 0.717) is 23.7 Å². The first-order valence-electron chi connectivity index (χ1n) is 7.79. The standard InChI is InChI=1S/C16H24ClFN2O2S/c1-15(2,3)23(22)20-14(12-5-4-6-13(17)19-12)16(21)9-7-11(18)8-10-16/h4-6,11,14,20-21H,7-10H2,1-3H3/t11?,14-,16?,23?/m0/s1. The van der Waals surface area contributed by atoms with Crippen molar-refractivity contribution < 1.29 is 13.7 Å². The summed E-state index contributed by atoms with van der Waals surface area (Å²) in [6, 6.07) is 4.46. The van der Waals surface area contributed by atoms with E-state index >= 15 is 0 Å². The van der Waals surface area contributed by atoms with Crippen LogP contribution in [0.2, 0.25) is 5.15 Å². The zero-order valence-electron chi connectivity index (χ0n) is 13.7. The average Bonchev–Trinajstić information content (AvgIpc) is 2.46. The summed E-state index contributed by atoms with van der Waals surface area (Å²) in [6.45, 7) is 5.54. The van der Waals surface area contributed by atoms with Crippen LogP contribution in [0.1, 0.15) is 58.2 Å². The molecular formula is C16H24ClFN2O2S. The molecule has 7 heteroatoms. The van der Waals surface area contributed by atoms with Crippen LogP contribution < -0.4 is 4.72 Å². The molecule has 1 saturated carbocycles. The SMILES string of the molecule is CC(C)(C)S(=O)N[C@@H](c1cccc(Cl)n1)C1(O)CCC(F)CC1. The van der Waals surface area contributed by atoms with Gasteiger partial charge in [-0.3, -0.25) is 0 Å². The van der Waals surface area contributed by atoms with Crippen molar-refractivity contribution in [1.82, 2.24) is 9.71 Å². The monoisotopic (exact) mass is 362 g/mol. The van der Waals surface area contributed by atoms with Gasteiger partial charge in [0.1, 0.15) is 11.3 Å². The largest absolute Gasteiger partial charge is 0.388 e. The highest BCUT2D eigenvalue weighted by Gasteiger charge is 2.43. The molecule has 0 bridgehead atoms. The predicted octanol–water partition coefficient (Wildman–Crippen LogP) is 3.47. The lowest BCUT2D eigenvalue weighted by Crippen LogP contribution is -2.50. The number of hydrogen-bond donors (Lipinski definition) is 2. The first-order chi connectivity index (χ1) is 10.6. The summed E-state index contributed by atoms with van der Waals surface area (Å²) >= 11 is 5.97. The van der Waals surface area contributed by atoms with Crippen molar-refractivity contribution >= 4 is 22.6 Å². The molecule has 0 aromatic carbocycles. The van der Waals surface area contributed by atoms with Crippen molar-refractivity contribution in [1.29, 1.82) is 0 Å². The molecule has 1 aliphatic rings. The minimum Gasteiger partial charge on any atom is -0.388 e. The molecule has 0 spiro atoms. The Kier molecular flexibility index (Phi) is 5.82. The van der Waals surface area contributed by atoms with Gasteiger partial charge in [-0.05, 0) is 58.6 Å². The number of nitrogens with zero attached hydrogens (tertiary/aromatic N) is 1. The molecule has 2 N–H and O–H groups in total. The molecule has 130 valence electrons. The maximum absolute atomic E-state index is 13.5. The number of hydrogen-bond acceptors (Lipinski definition) is 3. The van der Waals surface area contributed by atoms with E-state index in [0.717, 1.165) is 0 Å². The topological polar surface area (TPSA) is 62.2 Å². The fraction of sp³-hybridized carbons (Fsp3) is 0.688. The number of nitrogens with one attached hydrogen (secondary N) is 1. The molecule has 0 saturated heterocycles. The summed E-state index contributed by atoms with van der Waals surface area (Å²) in [5.41, 5.74) is -0.670. The van der Waals surface area contributed by atoms with Crippen molar-refractivity contribution in [3.63, 3.8) is 0 Å². The minimum absolute atomic E-state index is 0.289. The Morgan fingerprint density at radius 1 is 1.43 bits per heavy atom. The van der Waals surface area contributed by atoms with Gasteiger partial charge < -0.3 is 5.11 Å². The molecule has 2 rings (SSSR count). The molecule has 1 fully saturated rings.